The predicted octanol–water partition coefficient (Wildman–Crippen LogP) is 3.52. The summed E-state index contributed by atoms with van der Waals surface area (Å²) < 4.78 is 6.95. The van der Waals surface area contributed by atoms with Crippen molar-refractivity contribution in [3.63, 3.8) is 0 Å². The lowest BCUT2D eigenvalue weighted by Gasteiger charge is -2.15. The lowest BCUT2D eigenvalue weighted by atomic mass is 10.2. The van der Waals surface area contributed by atoms with Crippen LogP contribution in [-0.4, -0.2) is 19.2 Å². The Morgan fingerprint density at radius 3 is 2.88 bits per heavy atom. The molecule has 0 saturated heterocycles. The van der Waals surface area contributed by atoms with Gasteiger partial charge >= 0.3 is 0 Å². The maximum atomic E-state index is 5.85. The standard InChI is InChI=1S/C14H20BrNO/c1-10(8-16-13-4-5-13)9-17-14-6-3-12(15)7-11(14)2/h3,6-7,10,13,16H,4-5,8-9H2,1-2H3. The molecule has 1 aliphatic carbocycles. The zero-order valence-electron chi connectivity index (χ0n) is 10.5. The first kappa shape index (κ1) is 12.9. The van der Waals surface area contributed by atoms with Gasteiger partial charge in [-0.05, 0) is 43.5 Å². The van der Waals surface area contributed by atoms with Gasteiger partial charge in [-0.2, -0.15) is 0 Å². The Balaban J connectivity index is 1.75. The first-order valence-electron chi connectivity index (χ1n) is 6.27. The largest absolute Gasteiger partial charge is 0.493 e. The number of benzene rings is 1. The van der Waals surface area contributed by atoms with Gasteiger partial charge in [0.2, 0.25) is 0 Å². The molecule has 1 aromatic rings. The second kappa shape index (κ2) is 5.87. The van der Waals surface area contributed by atoms with Crippen molar-refractivity contribution in [2.75, 3.05) is 13.2 Å². The van der Waals surface area contributed by atoms with E-state index in [1.807, 2.05) is 12.1 Å². The fourth-order valence-electron chi connectivity index (χ4n) is 1.72. The Kier molecular flexibility index (Phi) is 4.46. The SMILES string of the molecule is Cc1cc(Br)ccc1OCC(C)CNC1CC1. The summed E-state index contributed by atoms with van der Waals surface area (Å²) in [7, 11) is 0. The van der Waals surface area contributed by atoms with E-state index in [0.29, 0.717) is 5.92 Å². The molecule has 0 amide bonds. The third-order valence-corrected chi connectivity index (χ3v) is 3.49. The number of halogens is 1. The fourth-order valence-corrected chi connectivity index (χ4v) is 2.20. The van der Waals surface area contributed by atoms with Crippen LogP contribution in [0.1, 0.15) is 25.3 Å². The summed E-state index contributed by atoms with van der Waals surface area (Å²) in [4.78, 5) is 0. The molecule has 1 fully saturated rings. The van der Waals surface area contributed by atoms with Gasteiger partial charge in [0.25, 0.3) is 0 Å². The fraction of sp³-hybridized carbons (Fsp3) is 0.571. The topological polar surface area (TPSA) is 21.3 Å². The van der Waals surface area contributed by atoms with Gasteiger partial charge in [-0.1, -0.05) is 22.9 Å². The summed E-state index contributed by atoms with van der Waals surface area (Å²) in [6, 6.07) is 6.92. The molecular formula is C14H20BrNO. The van der Waals surface area contributed by atoms with Gasteiger partial charge in [0.1, 0.15) is 5.75 Å². The molecular weight excluding hydrogens is 278 g/mol. The van der Waals surface area contributed by atoms with Crippen molar-refractivity contribution in [3.8, 4) is 5.75 Å². The molecule has 0 heterocycles. The molecule has 2 rings (SSSR count). The number of aryl methyl sites for hydroxylation is 1. The smallest absolute Gasteiger partial charge is 0.122 e. The highest BCUT2D eigenvalue weighted by Crippen LogP contribution is 2.23. The molecule has 94 valence electrons. The molecule has 0 radical (unpaired) electrons. The van der Waals surface area contributed by atoms with Crippen LogP contribution in [0.15, 0.2) is 22.7 Å². The zero-order valence-corrected chi connectivity index (χ0v) is 12.1. The van der Waals surface area contributed by atoms with E-state index >= 15 is 0 Å². The maximum Gasteiger partial charge on any atom is 0.122 e. The summed E-state index contributed by atoms with van der Waals surface area (Å²) in [6.07, 6.45) is 2.69. The van der Waals surface area contributed by atoms with E-state index < -0.39 is 0 Å². The molecule has 0 bridgehead atoms. The van der Waals surface area contributed by atoms with E-state index in [4.69, 9.17) is 4.74 Å². The van der Waals surface area contributed by atoms with Gasteiger partial charge in [0.05, 0.1) is 6.61 Å². The van der Waals surface area contributed by atoms with Crippen LogP contribution in [0.4, 0.5) is 0 Å². The van der Waals surface area contributed by atoms with Crippen LogP contribution in [0.5, 0.6) is 5.75 Å². The molecule has 1 aromatic carbocycles. The number of ether oxygens (including phenoxy) is 1. The molecule has 17 heavy (non-hydrogen) atoms. The molecule has 3 heteroatoms. The average molecular weight is 298 g/mol. The van der Waals surface area contributed by atoms with Crippen molar-refractivity contribution < 1.29 is 4.74 Å². The highest BCUT2D eigenvalue weighted by atomic mass is 79.9. The van der Waals surface area contributed by atoms with Crippen LogP contribution in [-0.2, 0) is 0 Å². The van der Waals surface area contributed by atoms with Gasteiger partial charge < -0.3 is 10.1 Å². The molecule has 1 atom stereocenters. The van der Waals surface area contributed by atoms with Crippen molar-refractivity contribution in [1.29, 1.82) is 0 Å². The first-order chi connectivity index (χ1) is 8.15. The van der Waals surface area contributed by atoms with Crippen molar-refractivity contribution in [3.05, 3.63) is 28.2 Å². The van der Waals surface area contributed by atoms with E-state index in [9.17, 15) is 0 Å². The summed E-state index contributed by atoms with van der Waals surface area (Å²) in [5.41, 5.74) is 1.18. The van der Waals surface area contributed by atoms with Crippen molar-refractivity contribution in [2.24, 2.45) is 5.92 Å². The lowest BCUT2D eigenvalue weighted by Crippen LogP contribution is -2.26. The van der Waals surface area contributed by atoms with Crippen LogP contribution in [0.3, 0.4) is 0 Å². The third-order valence-electron chi connectivity index (χ3n) is 2.99. The molecule has 1 aliphatic rings. The Hall–Kier alpha value is -0.540. The Bertz CT molecular complexity index is 376. The summed E-state index contributed by atoms with van der Waals surface area (Å²) in [5, 5.41) is 3.53. The van der Waals surface area contributed by atoms with Crippen LogP contribution in [0, 0.1) is 12.8 Å². The van der Waals surface area contributed by atoms with Gasteiger partial charge in [-0.15, -0.1) is 0 Å². The highest BCUT2D eigenvalue weighted by Gasteiger charge is 2.20. The lowest BCUT2D eigenvalue weighted by molar-refractivity contribution is 0.254. The molecule has 0 spiro atoms. The van der Waals surface area contributed by atoms with Crippen LogP contribution < -0.4 is 10.1 Å². The van der Waals surface area contributed by atoms with Gasteiger partial charge in [0, 0.05) is 23.0 Å². The summed E-state index contributed by atoms with van der Waals surface area (Å²) in [6.45, 7) is 6.14. The molecule has 2 nitrogen and oxygen atoms in total. The predicted molar refractivity (Wildman–Crippen MR) is 74.6 cm³/mol. The monoisotopic (exact) mass is 297 g/mol. The number of nitrogens with one attached hydrogen (secondary N) is 1. The summed E-state index contributed by atoms with van der Waals surface area (Å²) >= 11 is 3.46. The van der Waals surface area contributed by atoms with E-state index in [-0.39, 0.29) is 0 Å². The van der Waals surface area contributed by atoms with E-state index in [2.05, 4.69) is 41.2 Å². The normalized spacial score (nSPS) is 16.9. The zero-order chi connectivity index (χ0) is 12.3. The first-order valence-corrected chi connectivity index (χ1v) is 7.07. The minimum absolute atomic E-state index is 0.554. The second-order valence-corrected chi connectivity index (χ2v) is 5.92. The van der Waals surface area contributed by atoms with Crippen molar-refractivity contribution >= 4 is 15.9 Å². The van der Waals surface area contributed by atoms with Crippen LogP contribution >= 0.6 is 15.9 Å². The average Bonchev–Trinajstić information content (AvgIpc) is 3.09. The van der Waals surface area contributed by atoms with Crippen LogP contribution in [0.25, 0.3) is 0 Å². The minimum atomic E-state index is 0.554. The van der Waals surface area contributed by atoms with Gasteiger partial charge in [-0.25, -0.2) is 0 Å². The Morgan fingerprint density at radius 2 is 2.24 bits per heavy atom. The molecule has 1 saturated carbocycles. The number of hydrogen-bond acceptors (Lipinski definition) is 2. The van der Waals surface area contributed by atoms with E-state index in [1.165, 1.54) is 18.4 Å². The number of rotatable bonds is 6. The van der Waals surface area contributed by atoms with Crippen LogP contribution in [0.2, 0.25) is 0 Å². The minimum Gasteiger partial charge on any atom is -0.493 e. The number of hydrogen-bond donors (Lipinski definition) is 1. The summed E-state index contributed by atoms with van der Waals surface area (Å²) in [5.74, 6) is 1.55. The molecule has 0 aromatic heterocycles. The Labute approximate surface area is 112 Å². The van der Waals surface area contributed by atoms with Crippen molar-refractivity contribution in [1.82, 2.24) is 5.32 Å². The second-order valence-electron chi connectivity index (χ2n) is 5.01. The molecule has 0 aliphatic heterocycles. The highest BCUT2D eigenvalue weighted by molar-refractivity contribution is 9.10. The molecule has 1 N–H and O–H groups in total. The maximum absolute atomic E-state index is 5.85. The van der Waals surface area contributed by atoms with Crippen molar-refractivity contribution in [2.45, 2.75) is 32.7 Å². The quantitative estimate of drug-likeness (QED) is 0.867. The third kappa shape index (κ3) is 4.32. The molecule has 1 unspecified atom stereocenters. The van der Waals surface area contributed by atoms with Gasteiger partial charge in [0.15, 0.2) is 0 Å². The Morgan fingerprint density at radius 1 is 1.47 bits per heavy atom. The van der Waals surface area contributed by atoms with Gasteiger partial charge in [-0.3, -0.25) is 0 Å². The van der Waals surface area contributed by atoms with E-state index in [1.54, 1.807) is 0 Å². The van der Waals surface area contributed by atoms with E-state index in [0.717, 1.165) is 29.4 Å².